The molecule has 3 unspecified atom stereocenters. The van der Waals surface area contributed by atoms with Crippen molar-refractivity contribution in [2.75, 3.05) is 12.3 Å². The highest BCUT2D eigenvalue weighted by Crippen LogP contribution is 2.29. The van der Waals surface area contributed by atoms with Crippen LogP contribution in [-0.2, 0) is 9.59 Å². The maximum atomic E-state index is 12.3. The van der Waals surface area contributed by atoms with E-state index < -0.39 is 17.3 Å². The predicted octanol–water partition coefficient (Wildman–Crippen LogP) is 1.53. The molecular formula is C11H12ClNO3S2. The Bertz CT molecular complexity index is 427. The fourth-order valence-corrected chi connectivity index (χ4v) is 3.64. The average Bonchev–Trinajstić information content (AvgIpc) is 2.80. The van der Waals surface area contributed by atoms with Crippen molar-refractivity contribution in [1.29, 1.82) is 0 Å². The van der Waals surface area contributed by atoms with Gasteiger partial charge in [0.25, 0.3) is 0 Å². The van der Waals surface area contributed by atoms with Crippen LogP contribution in [0.5, 0.6) is 0 Å². The van der Waals surface area contributed by atoms with Crippen LogP contribution >= 0.6 is 35.6 Å². The first-order chi connectivity index (χ1) is 8.50. The Labute approximate surface area is 119 Å². The number of halogens is 1. The van der Waals surface area contributed by atoms with Crippen molar-refractivity contribution in [3.63, 3.8) is 0 Å². The topological polar surface area (TPSA) is 57.6 Å². The van der Waals surface area contributed by atoms with Crippen molar-refractivity contribution in [2.24, 2.45) is 5.92 Å². The van der Waals surface area contributed by atoms with Crippen molar-refractivity contribution < 1.29 is 14.7 Å². The monoisotopic (exact) mass is 305 g/mol. The van der Waals surface area contributed by atoms with Crippen LogP contribution in [0.4, 0.5) is 0 Å². The van der Waals surface area contributed by atoms with Gasteiger partial charge >= 0.3 is 5.97 Å². The number of hydrogen-bond acceptors (Lipinski definition) is 4. The molecule has 1 N–H and O–H groups in total. The molecule has 1 aliphatic carbocycles. The zero-order chi connectivity index (χ0) is 13.3. The summed E-state index contributed by atoms with van der Waals surface area (Å²) in [6, 6.07) is 0. The van der Waals surface area contributed by atoms with Gasteiger partial charge in [0.05, 0.1) is 11.3 Å². The molecule has 2 aliphatic rings. The summed E-state index contributed by atoms with van der Waals surface area (Å²) in [6.45, 7) is 0.455. The van der Waals surface area contributed by atoms with E-state index in [-0.39, 0.29) is 11.3 Å². The summed E-state index contributed by atoms with van der Waals surface area (Å²) >= 11 is 12.4. The highest BCUT2D eigenvalue weighted by Gasteiger charge is 2.39. The Hall–Kier alpha value is -0.590. The van der Waals surface area contributed by atoms with Crippen molar-refractivity contribution in [1.82, 2.24) is 4.90 Å². The molecule has 7 heteroatoms. The average molecular weight is 306 g/mol. The van der Waals surface area contributed by atoms with E-state index >= 15 is 0 Å². The summed E-state index contributed by atoms with van der Waals surface area (Å²) in [6.07, 6.45) is 3.89. The van der Waals surface area contributed by atoms with Gasteiger partial charge in [0.15, 0.2) is 5.37 Å². The first-order valence-electron chi connectivity index (χ1n) is 5.51. The van der Waals surface area contributed by atoms with Crippen molar-refractivity contribution in [3.05, 3.63) is 12.2 Å². The number of carboxylic acid groups (broad SMARTS) is 1. The second-order valence-corrected chi connectivity index (χ2v) is 6.38. The minimum absolute atomic E-state index is 0.215. The van der Waals surface area contributed by atoms with Gasteiger partial charge in [0.2, 0.25) is 5.91 Å². The van der Waals surface area contributed by atoms with E-state index in [1.54, 1.807) is 12.2 Å². The number of thiocarbonyl (C=S) groups is 1. The molecule has 18 heavy (non-hydrogen) atoms. The number of carboxylic acids is 1. The number of carbonyl (C=O) groups excluding carboxylic acids is 1. The number of aliphatic carboxylic acids is 1. The third-order valence-corrected chi connectivity index (χ3v) is 4.89. The molecule has 0 saturated carbocycles. The highest BCUT2D eigenvalue weighted by atomic mass is 35.5. The Balaban J connectivity index is 2.14. The minimum atomic E-state index is -0.981. The largest absolute Gasteiger partial charge is 0.479 e. The third-order valence-electron chi connectivity index (χ3n) is 2.96. The van der Waals surface area contributed by atoms with Crippen LogP contribution in [0.15, 0.2) is 12.2 Å². The van der Waals surface area contributed by atoms with E-state index in [4.69, 9.17) is 28.9 Å². The van der Waals surface area contributed by atoms with Gasteiger partial charge < -0.3 is 10.0 Å². The first-order valence-corrected chi connectivity index (χ1v) is 7.41. The van der Waals surface area contributed by atoms with Crippen molar-refractivity contribution >= 4 is 52.3 Å². The lowest BCUT2D eigenvalue weighted by Crippen LogP contribution is -2.45. The molecule has 0 aromatic rings. The number of alkyl halides is 1. The van der Waals surface area contributed by atoms with E-state index in [9.17, 15) is 9.59 Å². The van der Waals surface area contributed by atoms with Gasteiger partial charge in [-0.2, -0.15) is 0 Å². The molecule has 2 rings (SSSR count). The molecule has 1 heterocycles. The van der Waals surface area contributed by atoms with Gasteiger partial charge in [-0.3, -0.25) is 4.79 Å². The number of hydrogen-bond donors (Lipinski definition) is 1. The number of amides is 1. The Kier molecular flexibility index (Phi) is 4.29. The molecule has 98 valence electrons. The number of allylic oxidation sites excluding steroid dienone is 2. The Morgan fingerprint density at radius 1 is 1.56 bits per heavy atom. The van der Waals surface area contributed by atoms with Crippen LogP contribution in [0, 0.1) is 5.92 Å². The van der Waals surface area contributed by atoms with E-state index in [2.05, 4.69) is 0 Å². The quantitative estimate of drug-likeness (QED) is 0.619. The molecule has 0 aromatic heterocycles. The zero-order valence-corrected chi connectivity index (χ0v) is 11.8. The van der Waals surface area contributed by atoms with Crippen LogP contribution in [0.2, 0.25) is 0 Å². The Morgan fingerprint density at radius 3 is 2.94 bits per heavy atom. The van der Waals surface area contributed by atoms with Gasteiger partial charge in [-0.25, -0.2) is 4.79 Å². The fraction of sp³-hybridized carbons (Fsp3) is 0.545. The van der Waals surface area contributed by atoms with E-state index in [0.29, 0.717) is 23.6 Å². The summed E-state index contributed by atoms with van der Waals surface area (Å²) in [5.41, 5.74) is 0. The lowest BCUT2D eigenvalue weighted by atomic mass is 9.92. The van der Waals surface area contributed by atoms with Gasteiger partial charge in [-0.05, 0) is 12.5 Å². The molecule has 0 bridgehead atoms. The van der Waals surface area contributed by atoms with Crippen LogP contribution in [0.25, 0.3) is 0 Å². The minimum Gasteiger partial charge on any atom is -0.479 e. The molecule has 1 fully saturated rings. The third kappa shape index (κ3) is 2.70. The number of rotatable bonds is 2. The highest BCUT2D eigenvalue weighted by molar-refractivity contribution is 8.00. The molecule has 0 spiro atoms. The molecule has 3 atom stereocenters. The SMILES string of the molecule is O=C(O)C1SCCN1C(=O)C1CC(Cl)C=CC1=S. The van der Waals surface area contributed by atoms with Crippen molar-refractivity contribution in [2.45, 2.75) is 17.2 Å². The molecule has 4 nitrogen and oxygen atoms in total. The lowest BCUT2D eigenvalue weighted by molar-refractivity contribution is -0.146. The standard InChI is InChI=1S/C11H12ClNO3S2/c12-6-1-2-8(17)7(5-6)9(14)13-3-4-18-10(13)11(15)16/h1-2,6-7,10H,3-5H2,(H,15,16). The summed E-state index contributed by atoms with van der Waals surface area (Å²) in [4.78, 5) is 25.3. The van der Waals surface area contributed by atoms with Crippen LogP contribution < -0.4 is 0 Å². The fourth-order valence-electron chi connectivity index (χ4n) is 2.06. The summed E-state index contributed by atoms with van der Waals surface area (Å²) < 4.78 is 0. The summed E-state index contributed by atoms with van der Waals surface area (Å²) in [5.74, 6) is -1.02. The zero-order valence-electron chi connectivity index (χ0n) is 9.41. The maximum absolute atomic E-state index is 12.3. The van der Waals surface area contributed by atoms with Gasteiger partial charge in [0, 0.05) is 17.2 Å². The number of nitrogens with zero attached hydrogens (tertiary/aromatic N) is 1. The smallest absolute Gasteiger partial charge is 0.337 e. The van der Waals surface area contributed by atoms with E-state index in [0.717, 1.165) is 0 Å². The van der Waals surface area contributed by atoms with Crippen LogP contribution in [0.1, 0.15) is 6.42 Å². The molecule has 0 radical (unpaired) electrons. The lowest BCUT2D eigenvalue weighted by Gasteiger charge is -2.28. The van der Waals surface area contributed by atoms with Crippen molar-refractivity contribution in [3.8, 4) is 0 Å². The number of thioether (sulfide) groups is 1. The second-order valence-electron chi connectivity index (χ2n) is 4.16. The summed E-state index contributed by atoms with van der Waals surface area (Å²) in [7, 11) is 0. The van der Waals surface area contributed by atoms with Gasteiger partial charge in [-0.15, -0.1) is 23.4 Å². The van der Waals surface area contributed by atoms with Gasteiger partial charge in [0.1, 0.15) is 0 Å². The first kappa shape index (κ1) is 13.8. The van der Waals surface area contributed by atoms with Crippen LogP contribution in [-0.4, -0.2) is 49.8 Å². The summed E-state index contributed by atoms with van der Waals surface area (Å²) in [5, 5.41) is 8.05. The molecule has 0 aromatic carbocycles. The predicted molar refractivity (Wildman–Crippen MR) is 75.1 cm³/mol. The molecule has 1 aliphatic heterocycles. The van der Waals surface area contributed by atoms with Gasteiger partial charge in [-0.1, -0.05) is 18.3 Å². The van der Waals surface area contributed by atoms with E-state index in [1.165, 1.54) is 16.7 Å². The molecule has 1 saturated heterocycles. The normalized spacial score (nSPS) is 31.7. The molecule has 1 amide bonds. The van der Waals surface area contributed by atoms with E-state index in [1.807, 2.05) is 0 Å². The molecular weight excluding hydrogens is 294 g/mol. The second kappa shape index (κ2) is 5.59. The van der Waals surface area contributed by atoms with Crippen LogP contribution in [0.3, 0.4) is 0 Å². The Morgan fingerprint density at radius 2 is 2.28 bits per heavy atom. The maximum Gasteiger partial charge on any atom is 0.337 e. The number of carbonyl (C=O) groups is 2.